The molecule has 2 N–H and O–H groups in total. The molecular weight excluding hydrogens is 356 g/mol. The molecule has 1 atom stereocenters. The van der Waals surface area contributed by atoms with Crippen molar-refractivity contribution in [1.82, 2.24) is 15.2 Å². The van der Waals surface area contributed by atoms with Crippen LogP contribution in [0.5, 0.6) is 0 Å². The zero-order valence-electron chi connectivity index (χ0n) is 16.1. The topological polar surface area (TPSA) is 85.8 Å². The first-order chi connectivity index (χ1) is 13.6. The van der Waals surface area contributed by atoms with Gasteiger partial charge in [0.25, 0.3) is 0 Å². The van der Waals surface area contributed by atoms with E-state index in [4.69, 9.17) is 6.42 Å². The van der Waals surface area contributed by atoms with Crippen LogP contribution in [0.1, 0.15) is 25.7 Å². The van der Waals surface area contributed by atoms with Gasteiger partial charge in [0.2, 0.25) is 5.91 Å². The van der Waals surface area contributed by atoms with Gasteiger partial charge in [0.15, 0.2) is 0 Å². The van der Waals surface area contributed by atoms with Crippen molar-refractivity contribution in [2.75, 3.05) is 37.6 Å². The third-order valence-corrected chi connectivity index (χ3v) is 5.50. The van der Waals surface area contributed by atoms with Gasteiger partial charge in [-0.25, -0.2) is 0 Å². The Balaban J connectivity index is 1.56. The average molecular weight is 384 g/mol. The van der Waals surface area contributed by atoms with Gasteiger partial charge in [-0.1, -0.05) is 5.92 Å². The van der Waals surface area contributed by atoms with E-state index < -0.39 is 11.9 Å². The first-order valence-corrected chi connectivity index (χ1v) is 9.92. The van der Waals surface area contributed by atoms with Gasteiger partial charge in [-0.05, 0) is 43.7 Å². The smallest absolute Gasteiger partial charge is 0.320 e. The maximum atomic E-state index is 12.7. The third kappa shape index (κ3) is 5.70. The standard InChI is InChI=1S/C21H28N4O3/c1-2-17(21(27)28)15-25(20(26)13-23-18-3-4-18)14-16-7-11-24(12-8-16)19-5-9-22-10-6-19/h1,5-6,9-10,16-18,23H,3-4,7-8,11-15H2,(H,27,28)/t17-/m0/s1. The molecule has 1 saturated carbocycles. The van der Waals surface area contributed by atoms with E-state index >= 15 is 0 Å². The number of carbonyl (C=O) groups excluding carboxylic acids is 1. The number of nitrogens with one attached hydrogen (secondary N) is 1. The summed E-state index contributed by atoms with van der Waals surface area (Å²) >= 11 is 0. The summed E-state index contributed by atoms with van der Waals surface area (Å²) in [4.78, 5) is 32.1. The average Bonchev–Trinajstić information content (AvgIpc) is 3.54. The second-order valence-electron chi connectivity index (χ2n) is 7.65. The van der Waals surface area contributed by atoms with Gasteiger partial charge >= 0.3 is 5.97 Å². The van der Waals surface area contributed by atoms with Crippen LogP contribution >= 0.6 is 0 Å². The van der Waals surface area contributed by atoms with E-state index in [0.717, 1.165) is 44.5 Å². The summed E-state index contributed by atoms with van der Waals surface area (Å²) in [7, 11) is 0. The van der Waals surface area contributed by atoms with E-state index in [1.165, 1.54) is 0 Å². The quantitative estimate of drug-likeness (QED) is 0.623. The van der Waals surface area contributed by atoms with Crippen molar-refractivity contribution in [2.45, 2.75) is 31.7 Å². The zero-order valence-corrected chi connectivity index (χ0v) is 16.1. The molecule has 3 rings (SSSR count). The van der Waals surface area contributed by atoms with E-state index in [1.807, 2.05) is 12.1 Å². The predicted molar refractivity (Wildman–Crippen MR) is 107 cm³/mol. The second-order valence-corrected chi connectivity index (χ2v) is 7.65. The van der Waals surface area contributed by atoms with E-state index in [2.05, 4.69) is 21.1 Å². The summed E-state index contributed by atoms with van der Waals surface area (Å²) in [5.41, 5.74) is 1.16. The van der Waals surface area contributed by atoms with Crippen LogP contribution in [0.2, 0.25) is 0 Å². The number of rotatable bonds is 9. The van der Waals surface area contributed by atoms with Gasteiger partial charge in [0, 0.05) is 50.3 Å². The zero-order chi connectivity index (χ0) is 19.9. The predicted octanol–water partition coefficient (Wildman–Crippen LogP) is 1.21. The normalized spacial score (nSPS) is 18.3. The minimum absolute atomic E-state index is 0.0648. The summed E-state index contributed by atoms with van der Waals surface area (Å²) < 4.78 is 0. The maximum Gasteiger partial charge on any atom is 0.320 e. The molecule has 1 aromatic heterocycles. The summed E-state index contributed by atoms with van der Waals surface area (Å²) in [6, 6.07) is 4.44. The van der Waals surface area contributed by atoms with Crippen LogP contribution in [-0.4, -0.2) is 65.6 Å². The molecule has 0 radical (unpaired) electrons. The molecule has 7 heteroatoms. The third-order valence-electron chi connectivity index (χ3n) is 5.50. The van der Waals surface area contributed by atoms with Crippen molar-refractivity contribution in [3.63, 3.8) is 0 Å². The number of terminal acetylenes is 1. The molecule has 2 heterocycles. The van der Waals surface area contributed by atoms with Gasteiger partial charge in [0.1, 0.15) is 5.92 Å². The lowest BCUT2D eigenvalue weighted by atomic mass is 9.95. The molecule has 1 aliphatic heterocycles. The van der Waals surface area contributed by atoms with Crippen LogP contribution in [-0.2, 0) is 9.59 Å². The molecule has 0 bridgehead atoms. The lowest BCUT2D eigenvalue weighted by Gasteiger charge is -2.36. The Kier molecular flexibility index (Phi) is 6.88. The van der Waals surface area contributed by atoms with Crippen LogP contribution in [0.25, 0.3) is 0 Å². The number of amides is 1. The van der Waals surface area contributed by atoms with Crippen molar-refractivity contribution in [2.24, 2.45) is 11.8 Å². The highest BCUT2D eigenvalue weighted by molar-refractivity contribution is 5.80. The van der Waals surface area contributed by atoms with Crippen molar-refractivity contribution < 1.29 is 14.7 Å². The first-order valence-electron chi connectivity index (χ1n) is 9.92. The SMILES string of the molecule is C#C[C@@H](CN(CC1CCN(c2ccncc2)CC1)C(=O)CNC1CC1)C(=O)O. The fraction of sp³-hybridized carbons (Fsp3) is 0.571. The number of pyridine rings is 1. The van der Waals surface area contributed by atoms with Crippen molar-refractivity contribution in [1.29, 1.82) is 0 Å². The Morgan fingerprint density at radius 2 is 1.96 bits per heavy atom. The number of nitrogens with zero attached hydrogens (tertiary/aromatic N) is 3. The Morgan fingerprint density at radius 3 is 2.54 bits per heavy atom. The molecule has 0 unspecified atom stereocenters. The van der Waals surface area contributed by atoms with Crippen molar-refractivity contribution in [3.05, 3.63) is 24.5 Å². The molecule has 0 spiro atoms. The monoisotopic (exact) mass is 384 g/mol. The Labute approximate surface area is 166 Å². The number of anilines is 1. The summed E-state index contributed by atoms with van der Waals surface area (Å²) in [6.07, 6.45) is 13.1. The van der Waals surface area contributed by atoms with Crippen LogP contribution in [0, 0.1) is 24.2 Å². The van der Waals surface area contributed by atoms with E-state index in [-0.39, 0.29) is 19.0 Å². The number of hydrogen-bond donors (Lipinski definition) is 2. The molecule has 2 aliphatic rings. The molecular formula is C21H28N4O3. The second kappa shape index (κ2) is 9.56. The molecule has 7 nitrogen and oxygen atoms in total. The van der Waals surface area contributed by atoms with E-state index in [0.29, 0.717) is 18.5 Å². The Morgan fingerprint density at radius 1 is 1.29 bits per heavy atom. The van der Waals surface area contributed by atoms with Gasteiger partial charge in [-0.15, -0.1) is 6.42 Å². The van der Waals surface area contributed by atoms with Gasteiger partial charge in [-0.3, -0.25) is 14.6 Å². The Hall–Kier alpha value is -2.59. The molecule has 1 saturated heterocycles. The summed E-state index contributed by atoms with van der Waals surface area (Å²) in [5, 5.41) is 12.5. The number of aromatic nitrogens is 1. The molecule has 28 heavy (non-hydrogen) atoms. The highest BCUT2D eigenvalue weighted by Gasteiger charge is 2.28. The molecule has 1 aromatic rings. The highest BCUT2D eigenvalue weighted by atomic mass is 16.4. The molecule has 2 fully saturated rings. The van der Waals surface area contributed by atoms with Gasteiger partial charge in [0.05, 0.1) is 6.54 Å². The number of carbonyl (C=O) groups is 2. The summed E-state index contributed by atoms with van der Waals surface area (Å²) in [5.74, 6) is 0.556. The Bertz CT molecular complexity index is 706. The van der Waals surface area contributed by atoms with Gasteiger partial charge in [-0.2, -0.15) is 0 Å². The van der Waals surface area contributed by atoms with Crippen LogP contribution < -0.4 is 10.2 Å². The number of aliphatic carboxylic acids is 1. The van der Waals surface area contributed by atoms with E-state index in [1.54, 1.807) is 17.3 Å². The molecule has 0 aromatic carbocycles. The minimum Gasteiger partial charge on any atom is -0.480 e. The van der Waals surface area contributed by atoms with Gasteiger partial charge < -0.3 is 20.2 Å². The number of piperidine rings is 1. The minimum atomic E-state index is -1.05. The number of carboxylic acids is 1. The fourth-order valence-electron chi connectivity index (χ4n) is 3.57. The largest absolute Gasteiger partial charge is 0.480 e. The van der Waals surface area contributed by atoms with Crippen LogP contribution in [0.15, 0.2) is 24.5 Å². The van der Waals surface area contributed by atoms with Crippen molar-refractivity contribution in [3.8, 4) is 12.3 Å². The molecule has 1 aliphatic carbocycles. The number of carboxylic acid groups (broad SMARTS) is 1. The maximum absolute atomic E-state index is 12.7. The first kappa shape index (κ1) is 20.2. The van der Waals surface area contributed by atoms with E-state index in [9.17, 15) is 14.7 Å². The lowest BCUT2D eigenvalue weighted by Crippen LogP contribution is -2.46. The fourth-order valence-corrected chi connectivity index (χ4v) is 3.57. The number of hydrogen-bond acceptors (Lipinski definition) is 5. The van der Waals surface area contributed by atoms with Crippen LogP contribution in [0.4, 0.5) is 5.69 Å². The molecule has 150 valence electrons. The van der Waals surface area contributed by atoms with Crippen LogP contribution in [0.3, 0.4) is 0 Å². The van der Waals surface area contributed by atoms with Crippen molar-refractivity contribution >= 4 is 17.6 Å². The molecule has 1 amide bonds. The highest BCUT2D eigenvalue weighted by Crippen LogP contribution is 2.24. The summed E-state index contributed by atoms with van der Waals surface area (Å²) in [6.45, 7) is 2.70. The lowest BCUT2D eigenvalue weighted by molar-refractivity contribution is -0.141.